The average Bonchev–Trinajstić information content (AvgIpc) is 2.42. The van der Waals surface area contributed by atoms with Gasteiger partial charge in [0.15, 0.2) is 0 Å². The first-order chi connectivity index (χ1) is 9.61. The van der Waals surface area contributed by atoms with Gasteiger partial charge in [0.2, 0.25) is 5.91 Å². The van der Waals surface area contributed by atoms with Crippen LogP contribution in [-0.2, 0) is 11.2 Å². The van der Waals surface area contributed by atoms with E-state index in [1.807, 2.05) is 30.3 Å². The molecule has 3 N–H and O–H groups in total. The van der Waals surface area contributed by atoms with Crippen molar-refractivity contribution in [3.8, 4) is 5.75 Å². The van der Waals surface area contributed by atoms with Crippen LogP contribution in [0.5, 0.6) is 5.75 Å². The molecule has 2 aromatic rings. The van der Waals surface area contributed by atoms with Gasteiger partial charge in [-0.2, -0.15) is 0 Å². The summed E-state index contributed by atoms with van der Waals surface area (Å²) >= 11 is 3.42. The predicted octanol–water partition coefficient (Wildman–Crippen LogP) is 3.13. The molecule has 1 heterocycles. The summed E-state index contributed by atoms with van der Waals surface area (Å²) in [5.74, 6) is 0.178. The molecule has 1 unspecified atom stereocenters. The van der Waals surface area contributed by atoms with Crippen LogP contribution in [0.15, 0.2) is 46.9 Å². The van der Waals surface area contributed by atoms with Gasteiger partial charge in [-0.1, -0.05) is 28.1 Å². The number of carbonyl (C=O) groups is 1. The molecule has 4 nitrogen and oxygen atoms in total. The topological polar surface area (TPSA) is 61.4 Å². The molecule has 0 saturated carbocycles. The fourth-order valence-electron chi connectivity index (χ4n) is 2.23. The van der Waals surface area contributed by atoms with Crippen LogP contribution in [0.3, 0.4) is 0 Å². The van der Waals surface area contributed by atoms with E-state index in [0.29, 0.717) is 6.42 Å². The standard InChI is InChI=1S/C15H13BrN2O2/c16-10-3-6-12-13(8-10)17-14(15(20)18-12)7-9-1-4-11(19)5-2-9/h1-6,8,14,17,19H,7H2,(H,18,20). The van der Waals surface area contributed by atoms with E-state index in [4.69, 9.17) is 0 Å². The number of hydrogen-bond acceptors (Lipinski definition) is 3. The number of aromatic hydroxyl groups is 1. The van der Waals surface area contributed by atoms with Gasteiger partial charge in [-0.05, 0) is 35.9 Å². The lowest BCUT2D eigenvalue weighted by Crippen LogP contribution is -2.40. The minimum Gasteiger partial charge on any atom is -0.508 e. The largest absolute Gasteiger partial charge is 0.508 e. The van der Waals surface area contributed by atoms with Crippen LogP contribution in [0.1, 0.15) is 5.56 Å². The number of nitrogens with one attached hydrogen (secondary N) is 2. The van der Waals surface area contributed by atoms with E-state index in [2.05, 4.69) is 26.6 Å². The highest BCUT2D eigenvalue weighted by atomic mass is 79.9. The fraction of sp³-hybridized carbons (Fsp3) is 0.133. The number of fused-ring (bicyclic) bond motifs is 1. The smallest absolute Gasteiger partial charge is 0.247 e. The molecule has 0 spiro atoms. The predicted molar refractivity (Wildman–Crippen MR) is 82.0 cm³/mol. The maximum Gasteiger partial charge on any atom is 0.247 e. The highest BCUT2D eigenvalue weighted by molar-refractivity contribution is 9.10. The molecule has 0 bridgehead atoms. The SMILES string of the molecule is O=C1Nc2ccc(Br)cc2NC1Cc1ccc(O)cc1. The lowest BCUT2D eigenvalue weighted by molar-refractivity contribution is -0.117. The van der Waals surface area contributed by atoms with Crippen molar-refractivity contribution in [2.24, 2.45) is 0 Å². The quantitative estimate of drug-likeness (QED) is 0.791. The summed E-state index contributed by atoms with van der Waals surface area (Å²) in [4.78, 5) is 12.1. The van der Waals surface area contributed by atoms with E-state index in [1.54, 1.807) is 12.1 Å². The molecule has 0 radical (unpaired) electrons. The Morgan fingerprint density at radius 1 is 1.10 bits per heavy atom. The molecule has 0 aromatic heterocycles. The van der Waals surface area contributed by atoms with Gasteiger partial charge in [-0.15, -0.1) is 0 Å². The molecule has 0 saturated heterocycles. The number of rotatable bonds is 2. The zero-order valence-corrected chi connectivity index (χ0v) is 12.1. The van der Waals surface area contributed by atoms with Crippen molar-refractivity contribution < 1.29 is 9.90 Å². The Kier molecular flexibility index (Phi) is 3.36. The van der Waals surface area contributed by atoms with E-state index in [-0.39, 0.29) is 17.7 Å². The van der Waals surface area contributed by atoms with Gasteiger partial charge in [0.05, 0.1) is 11.4 Å². The molecule has 0 fully saturated rings. The average molecular weight is 333 g/mol. The normalized spacial score (nSPS) is 17.1. The highest BCUT2D eigenvalue weighted by Crippen LogP contribution is 2.30. The summed E-state index contributed by atoms with van der Waals surface area (Å²) in [6.45, 7) is 0. The van der Waals surface area contributed by atoms with Crippen molar-refractivity contribution in [3.63, 3.8) is 0 Å². The van der Waals surface area contributed by atoms with Crippen LogP contribution in [0.25, 0.3) is 0 Å². The van der Waals surface area contributed by atoms with Crippen LogP contribution in [0.4, 0.5) is 11.4 Å². The molecule has 1 amide bonds. The molecule has 1 atom stereocenters. The van der Waals surface area contributed by atoms with E-state index in [9.17, 15) is 9.90 Å². The summed E-state index contributed by atoms with van der Waals surface area (Å²) in [5, 5.41) is 15.4. The van der Waals surface area contributed by atoms with Gasteiger partial charge in [0, 0.05) is 10.9 Å². The Morgan fingerprint density at radius 3 is 2.60 bits per heavy atom. The number of amides is 1. The van der Waals surface area contributed by atoms with Gasteiger partial charge in [-0.3, -0.25) is 4.79 Å². The second-order valence-electron chi connectivity index (χ2n) is 4.75. The van der Waals surface area contributed by atoms with Crippen molar-refractivity contribution >= 4 is 33.2 Å². The summed E-state index contributed by atoms with van der Waals surface area (Å²) in [7, 11) is 0. The molecule has 20 heavy (non-hydrogen) atoms. The van der Waals surface area contributed by atoms with Crippen molar-refractivity contribution in [1.82, 2.24) is 0 Å². The van der Waals surface area contributed by atoms with E-state index in [1.165, 1.54) is 0 Å². The molecule has 1 aliphatic heterocycles. The molecular formula is C15H13BrN2O2. The molecule has 0 aliphatic carbocycles. The lowest BCUT2D eigenvalue weighted by Gasteiger charge is -2.27. The van der Waals surface area contributed by atoms with E-state index >= 15 is 0 Å². The Hall–Kier alpha value is -2.01. The van der Waals surface area contributed by atoms with Crippen LogP contribution >= 0.6 is 15.9 Å². The third-order valence-corrected chi connectivity index (χ3v) is 3.76. The first kappa shape index (κ1) is 13.0. The number of hydrogen-bond donors (Lipinski definition) is 3. The third-order valence-electron chi connectivity index (χ3n) is 3.26. The van der Waals surface area contributed by atoms with Gasteiger partial charge >= 0.3 is 0 Å². The van der Waals surface area contributed by atoms with Crippen molar-refractivity contribution in [1.29, 1.82) is 0 Å². The second-order valence-corrected chi connectivity index (χ2v) is 5.66. The Morgan fingerprint density at radius 2 is 1.85 bits per heavy atom. The second kappa shape index (κ2) is 5.17. The first-order valence-electron chi connectivity index (χ1n) is 6.27. The Bertz CT molecular complexity index is 655. The van der Waals surface area contributed by atoms with Gasteiger partial charge in [-0.25, -0.2) is 0 Å². The number of anilines is 2. The Labute approximate surface area is 125 Å². The first-order valence-corrected chi connectivity index (χ1v) is 7.06. The summed E-state index contributed by atoms with van der Waals surface area (Å²) in [6, 6.07) is 12.3. The number of phenols is 1. The highest BCUT2D eigenvalue weighted by Gasteiger charge is 2.25. The zero-order valence-electron chi connectivity index (χ0n) is 10.6. The summed E-state index contributed by atoms with van der Waals surface area (Å²) < 4.78 is 0.961. The third kappa shape index (κ3) is 2.63. The van der Waals surface area contributed by atoms with Crippen molar-refractivity contribution in [3.05, 3.63) is 52.5 Å². The molecule has 1 aliphatic rings. The molecule has 3 rings (SSSR count). The van der Waals surface area contributed by atoms with E-state index < -0.39 is 0 Å². The van der Waals surface area contributed by atoms with Crippen molar-refractivity contribution in [2.45, 2.75) is 12.5 Å². The van der Waals surface area contributed by atoms with Crippen LogP contribution in [0, 0.1) is 0 Å². The number of halogens is 1. The minimum absolute atomic E-state index is 0.0482. The lowest BCUT2D eigenvalue weighted by atomic mass is 10.0. The molecule has 2 aromatic carbocycles. The van der Waals surface area contributed by atoms with Crippen LogP contribution < -0.4 is 10.6 Å². The fourth-order valence-corrected chi connectivity index (χ4v) is 2.59. The summed E-state index contributed by atoms with van der Waals surface area (Å²) in [6.07, 6.45) is 0.568. The van der Waals surface area contributed by atoms with Crippen molar-refractivity contribution in [2.75, 3.05) is 10.6 Å². The maximum atomic E-state index is 12.1. The maximum absolute atomic E-state index is 12.1. The number of benzene rings is 2. The number of phenolic OH excluding ortho intramolecular Hbond substituents is 1. The molecule has 102 valence electrons. The number of carbonyl (C=O) groups excluding carboxylic acids is 1. The minimum atomic E-state index is -0.318. The molecule has 5 heteroatoms. The molecular weight excluding hydrogens is 320 g/mol. The van der Waals surface area contributed by atoms with E-state index in [0.717, 1.165) is 21.4 Å². The van der Waals surface area contributed by atoms with Gasteiger partial charge < -0.3 is 15.7 Å². The zero-order chi connectivity index (χ0) is 14.1. The van der Waals surface area contributed by atoms with Crippen LogP contribution in [-0.4, -0.2) is 17.1 Å². The monoisotopic (exact) mass is 332 g/mol. The van der Waals surface area contributed by atoms with Crippen LogP contribution in [0.2, 0.25) is 0 Å². The van der Waals surface area contributed by atoms with Gasteiger partial charge in [0.25, 0.3) is 0 Å². The summed E-state index contributed by atoms with van der Waals surface area (Å²) in [5.41, 5.74) is 2.69. The Balaban J connectivity index is 1.81. The van der Waals surface area contributed by atoms with Gasteiger partial charge in [0.1, 0.15) is 11.8 Å².